The molecule has 1 N–H and O–H groups in total. The van der Waals surface area contributed by atoms with Crippen molar-refractivity contribution in [1.82, 2.24) is 20.3 Å². The van der Waals surface area contributed by atoms with E-state index in [2.05, 4.69) is 52.3 Å². The summed E-state index contributed by atoms with van der Waals surface area (Å²) in [6, 6.07) is 6.97. The van der Waals surface area contributed by atoms with E-state index in [-0.39, 0.29) is 0 Å². The van der Waals surface area contributed by atoms with Crippen LogP contribution in [0.5, 0.6) is 0 Å². The van der Waals surface area contributed by atoms with Gasteiger partial charge in [-0.05, 0) is 64.3 Å². The summed E-state index contributed by atoms with van der Waals surface area (Å²) in [7, 11) is 0. The monoisotopic (exact) mass is 350 g/mol. The first kappa shape index (κ1) is 17.0. The lowest BCUT2D eigenvalue weighted by atomic mass is 10.0. The second kappa shape index (κ2) is 6.72. The van der Waals surface area contributed by atoms with Gasteiger partial charge in [-0.25, -0.2) is 0 Å². The van der Waals surface area contributed by atoms with Crippen LogP contribution in [0.25, 0.3) is 11.3 Å². The molecule has 1 aromatic carbocycles. The average Bonchev–Trinajstić information content (AvgIpc) is 3.32. The number of likely N-dealkylation sites (tertiary alicyclic amines) is 1. The minimum atomic E-state index is 0.378. The number of H-pyrrole nitrogens is 1. The first-order valence-electron chi connectivity index (χ1n) is 9.31. The molecule has 5 heteroatoms. The lowest BCUT2D eigenvalue weighted by molar-refractivity contribution is 0.246. The van der Waals surface area contributed by atoms with Crippen molar-refractivity contribution in [3.8, 4) is 11.3 Å². The van der Waals surface area contributed by atoms with Crippen LogP contribution < -0.4 is 0 Å². The molecule has 4 rings (SSSR count). The summed E-state index contributed by atoms with van der Waals surface area (Å²) < 4.78 is 5.41. The van der Waals surface area contributed by atoms with E-state index < -0.39 is 0 Å². The summed E-state index contributed by atoms with van der Waals surface area (Å²) in [6.45, 7) is 10.3. The molecule has 136 valence electrons. The zero-order chi connectivity index (χ0) is 18.3. The Hall–Kier alpha value is -2.40. The van der Waals surface area contributed by atoms with Gasteiger partial charge in [0.15, 0.2) is 0 Å². The summed E-state index contributed by atoms with van der Waals surface area (Å²) in [5.74, 6) is 0.945. The molecule has 1 aliphatic rings. The highest BCUT2D eigenvalue weighted by atomic mass is 16.5. The molecule has 5 nitrogen and oxygen atoms in total. The van der Waals surface area contributed by atoms with Gasteiger partial charge >= 0.3 is 0 Å². The van der Waals surface area contributed by atoms with Crippen LogP contribution in [0.2, 0.25) is 0 Å². The first-order valence-corrected chi connectivity index (χ1v) is 9.31. The van der Waals surface area contributed by atoms with E-state index in [0.717, 1.165) is 36.7 Å². The molecule has 0 saturated carbocycles. The van der Waals surface area contributed by atoms with Gasteiger partial charge in [0.2, 0.25) is 0 Å². The van der Waals surface area contributed by atoms with E-state index in [1.54, 1.807) is 0 Å². The van der Waals surface area contributed by atoms with Crippen molar-refractivity contribution in [2.75, 3.05) is 6.54 Å². The molecular formula is C21H26N4O. The highest BCUT2D eigenvalue weighted by Crippen LogP contribution is 2.37. The maximum Gasteiger partial charge on any atom is 0.138 e. The van der Waals surface area contributed by atoms with Crippen molar-refractivity contribution in [3.05, 3.63) is 58.1 Å². The smallest absolute Gasteiger partial charge is 0.138 e. The number of hydrogen-bond donors (Lipinski definition) is 1. The molecule has 0 bridgehead atoms. The molecule has 3 heterocycles. The van der Waals surface area contributed by atoms with Crippen molar-refractivity contribution in [2.45, 2.75) is 53.1 Å². The standard InChI is InChI=1S/C21H26N4O/c1-13-7-8-17(10-14(13)2)21-18(11-22-23-21)12-25-9-5-6-19(25)20-15(3)24-26-16(20)4/h7-8,10-11,19H,5-6,9,12H2,1-4H3,(H,22,23). The fourth-order valence-electron chi connectivity index (χ4n) is 4.10. The Morgan fingerprint density at radius 3 is 2.77 bits per heavy atom. The van der Waals surface area contributed by atoms with Crippen LogP contribution in [-0.4, -0.2) is 26.8 Å². The van der Waals surface area contributed by atoms with Gasteiger partial charge in [-0.2, -0.15) is 5.10 Å². The van der Waals surface area contributed by atoms with Crippen molar-refractivity contribution < 1.29 is 4.52 Å². The second-order valence-corrected chi connectivity index (χ2v) is 7.44. The third-order valence-corrected chi connectivity index (χ3v) is 5.67. The fourth-order valence-corrected chi connectivity index (χ4v) is 4.10. The first-order chi connectivity index (χ1) is 12.5. The van der Waals surface area contributed by atoms with Crippen molar-refractivity contribution in [2.24, 2.45) is 0 Å². The normalized spacial score (nSPS) is 17.9. The van der Waals surface area contributed by atoms with E-state index >= 15 is 0 Å². The maximum absolute atomic E-state index is 5.41. The van der Waals surface area contributed by atoms with Gasteiger partial charge in [0.1, 0.15) is 5.76 Å². The summed E-state index contributed by atoms with van der Waals surface area (Å²) in [4.78, 5) is 2.53. The van der Waals surface area contributed by atoms with E-state index in [0.29, 0.717) is 6.04 Å². The molecule has 1 atom stereocenters. The van der Waals surface area contributed by atoms with Gasteiger partial charge < -0.3 is 4.52 Å². The second-order valence-electron chi connectivity index (χ2n) is 7.44. The van der Waals surface area contributed by atoms with Crippen molar-refractivity contribution in [3.63, 3.8) is 0 Å². The predicted octanol–water partition coefficient (Wildman–Crippen LogP) is 4.64. The Bertz CT molecular complexity index is 904. The van der Waals surface area contributed by atoms with E-state index in [4.69, 9.17) is 4.52 Å². The van der Waals surface area contributed by atoms with Gasteiger partial charge in [-0.1, -0.05) is 17.3 Å². The predicted molar refractivity (Wildman–Crippen MR) is 102 cm³/mol. The highest BCUT2D eigenvalue weighted by molar-refractivity contribution is 5.64. The van der Waals surface area contributed by atoms with E-state index in [1.807, 2.05) is 20.0 Å². The Kier molecular flexibility index (Phi) is 4.41. The molecule has 2 aromatic heterocycles. The summed E-state index contributed by atoms with van der Waals surface area (Å²) in [6.07, 6.45) is 4.32. The highest BCUT2D eigenvalue weighted by Gasteiger charge is 2.31. The Morgan fingerprint density at radius 1 is 1.19 bits per heavy atom. The Labute approximate surface area is 154 Å². The molecule has 26 heavy (non-hydrogen) atoms. The molecule has 1 saturated heterocycles. The quantitative estimate of drug-likeness (QED) is 0.745. The van der Waals surface area contributed by atoms with Crippen LogP contribution >= 0.6 is 0 Å². The summed E-state index contributed by atoms with van der Waals surface area (Å²) >= 11 is 0. The maximum atomic E-state index is 5.41. The van der Waals surface area contributed by atoms with Gasteiger partial charge in [-0.3, -0.25) is 10.00 Å². The van der Waals surface area contributed by atoms with Gasteiger partial charge in [0.25, 0.3) is 0 Å². The SMILES string of the molecule is Cc1ccc(-c2[nH]ncc2CN2CCCC2c2c(C)noc2C)cc1C. The van der Waals surface area contributed by atoms with Crippen LogP contribution in [0.1, 0.15) is 52.6 Å². The topological polar surface area (TPSA) is 58.0 Å². The molecular weight excluding hydrogens is 324 g/mol. The van der Waals surface area contributed by atoms with Crippen LogP contribution in [0.4, 0.5) is 0 Å². The molecule has 1 aliphatic heterocycles. The molecule has 0 radical (unpaired) electrons. The minimum Gasteiger partial charge on any atom is -0.361 e. The van der Waals surface area contributed by atoms with Crippen LogP contribution in [0, 0.1) is 27.7 Å². The zero-order valence-electron chi connectivity index (χ0n) is 16.0. The number of aromatic amines is 1. The van der Waals surface area contributed by atoms with Crippen LogP contribution in [0.3, 0.4) is 0 Å². The van der Waals surface area contributed by atoms with Crippen LogP contribution in [-0.2, 0) is 6.54 Å². The average molecular weight is 350 g/mol. The molecule has 3 aromatic rings. The van der Waals surface area contributed by atoms with E-state index in [9.17, 15) is 0 Å². The van der Waals surface area contributed by atoms with Crippen molar-refractivity contribution >= 4 is 0 Å². The number of rotatable bonds is 4. The third-order valence-electron chi connectivity index (χ3n) is 5.67. The molecule has 1 unspecified atom stereocenters. The van der Waals surface area contributed by atoms with Gasteiger partial charge in [0.05, 0.1) is 17.6 Å². The summed E-state index contributed by atoms with van der Waals surface area (Å²) in [5, 5.41) is 11.7. The van der Waals surface area contributed by atoms with Crippen LogP contribution in [0.15, 0.2) is 28.9 Å². The number of aromatic nitrogens is 3. The molecule has 1 fully saturated rings. The minimum absolute atomic E-state index is 0.378. The Balaban J connectivity index is 1.62. The number of benzene rings is 1. The fraction of sp³-hybridized carbons (Fsp3) is 0.429. The summed E-state index contributed by atoms with van der Waals surface area (Å²) in [5.41, 5.74) is 8.46. The number of nitrogens with one attached hydrogen (secondary N) is 1. The van der Waals surface area contributed by atoms with Gasteiger partial charge in [0, 0.05) is 29.3 Å². The third kappa shape index (κ3) is 2.97. The van der Waals surface area contributed by atoms with E-state index in [1.165, 1.54) is 34.2 Å². The molecule has 0 aliphatic carbocycles. The van der Waals surface area contributed by atoms with Gasteiger partial charge in [-0.15, -0.1) is 0 Å². The zero-order valence-corrected chi connectivity index (χ0v) is 16.0. The number of hydrogen-bond acceptors (Lipinski definition) is 4. The number of nitrogens with zero attached hydrogens (tertiary/aromatic N) is 3. The molecule has 0 spiro atoms. The lowest BCUT2D eigenvalue weighted by Crippen LogP contribution is -2.23. The van der Waals surface area contributed by atoms with Crippen molar-refractivity contribution in [1.29, 1.82) is 0 Å². The molecule has 0 amide bonds. The number of aryl methyl sites for hydroxylation is 4. The largest absolute Gasteiger partial charge is 0.361 e. The Morgan fingerprint density at radius 2 is 2.04 bits per heavy atom. The lowest BCUT2D eigenvalue weighted by Gasteiger charge is -2.24.